The molecular formula is C26H28N2O4. The summed E-state index contributed by atoms with van der Waals surface area (Å²) in [5, 5.41) is 0. The summed E-state index contributed by atoms with van der Waals surface area (Å²) >= 11 is 0. The molecule has 32 heavy (non-hydrogen) atoms. The normalized spacial score (nSPS) is 10.5. The van der Waals surface area contributed by atoms with Crippen LogP contribution in [0.4, 0.5) is 5.69 Å². The molecule has 3 aromatic rings. The first-order valence-corrected chi connectivity index (χ1v) is 10.5. The van der Waals surface area contributed by atoms with E-state index in [2.05, 4.69) is 4.98 Å². The van der Waals surface area contributed by atoms with E-state index in [9.17, 15) is 9.59 Å². The molecule has 2 aromatic carbocycles. The fourth-order valence-corrected chi connectivity index (χ4v) is 3.54. The van der Waals surface area contributed by atoms with E-state index in [0.717, 1.165) is 22.4 Å². The molecule has 0 unspecified atom stereocenters. The second kappa shape index (κ2) is 10.6. The molecule has 0 aliphatic heterocycles. The van der Waals surface area contributed by atoms with Crippen LogP contribution in [0.15, 0.2) is 60.8 Å². The fraction of sp³-hybridized carbons (Fsp3) is 0.269. The zero-order chi connectivity index (χ0) is 23.1. The van der Waals surface area contributed by atoms with E-state index in [1.807, 2.05) is 55.5 Å². The number of nitrogens with zero attached hydrogens (tertiary/aromatic N) is 2. The van der Waals surface area contributed by atoms with Gasteiger partial charge in [-0.3, -0.25) is 9.59 Å². The van der Waals surface area contributed by atoms with Crippen molar-refractivity contribution in [3.8, 4) is 22.8 Å². The van der Waals surface area contributed by atoms with E-state index < -0.39 is 0 Å². The molecule has 0 saturated carbocycles. The molecule has 1 heterocycles. The van der Waals surface area contributed by atoms with Gasteiger partial charge in [-0.2, -0.15) is 0 Å². The van der Waals surface area contributed by atoms with Crippen molar-refractivity contribution in [3.05, 3.63) is 71.9 Å². The number of hydrogen-bond donors (Lipinski definition) is 0. The lowest BCUT2D eigenvalue weighted by molar-refractivity contribution is -0.118. The Morgan fingerprint density at radius 3 is 2.34 bits per heavy atom. The van der Waals surface area contributed by atoms with Gasteiger partial charge in [-0.05, 0) is 47.9 Å². The molecule has 0 fully saturated rings. The minimum atomic E-state index is -0.00523. The molecule has 6 nitrogen and oxygen atoms in total. The maximum atomic E-state index is 12.9. The number of anilines is 1. The topological polar surface area (TPSA) is 68.7 Å². The van der Waals surface area contributed by atoms with E-state index in [-0.39, 0.29) is 11.7 Å². The standard InChI is InChI=1S/C26H28N2O4/c1-5-25(30)28(2)21-12-8-18(9-13-21)20-10-14-22(24(17-20)31-3)23(29)15-11-19-7-6-16-27-26(19)32-4/h6-10,12-14,16-17H,5,11,15H2,1-4H3. The molecule has 0 aliphatic rings. The number of amides is 1. The van der Waals surface area contributed by atoms with Gasteiger partial charge in [0.15, 0.2) is 5.78 Å². The summed E-state index contributed by atoms with van der Waals surface area (Å²) in [7, 11) is 4.90. The first kappa shape index (κ1) is 23.0. The molecule has 6 heteroatoms. The second-order valence-electron chi connectivity index (χ2n) is 7.36. The van der Waals surface area contributed by atoms with Crippen molar-refractivity contribution < 1.29 is 19.1 Å². The summed E-state index contributed by atoms with van der Waals surface area (Å²) in [6.45, 7) is 1.84. The summed E-state index contributed by atoms with van der Waals surface area (Å²) in [5.74, 6) is 1.13. The van der Waals surface area contributed by atoms with Crippen LogP contribution in [-0.2, 0) is 11.2 Å². The minimum absolute atomic E-state index is 0.00523. The molecule has 3 rings (SSSR count). The lowest BCUT2D eigenvalue weighted by Gasteiger charge is -2.17. The van der Waals surface area contributed by atoms with E-state index in [0.29, 0.717) is 36.5 Å². The smallest absolute Gasteiger partial charge is 0.226 e. The molecule has 0 radical (unpaired) electrons. The molecule has 166 valence electrons. The molecule has 1 aromatic heterocycles. The van der Waals surface area contributed by atoms with Crippen LogP contribution in [0.3, 0.4) is 0 Å². The quantitative estimate of drug-likeness (QED) is 0.447. The number of rotatable bonds is 9. The van der Waals surface area contributed by atoms with Gasteiger partial charge >= 0.3 is 0 Å². The number of ether oxygens (including phenoxy) is 2. The highest BCUT2D eigenvalue weighted by atomic mass is 16.5. The molecule has 0 atom stereocenters. The first-order valence-electron chi connectivity index (χ1n) is 10.5. The van der Waals surface area contributed by atoms with Crippen molar-refractivity contribution in [2.45, 2.75) is 26.2 Å². The number of hydrogen-bond acceptors (Lipinski definition) is 5. The fourth-order valence-electron chi connectivity index (χ4n) is 3.54. The highest BCUT2D eigenvalue weighted by Gasteiger charge is 2.15. The monoisotopic (exact) mass is 432 g/mol. The lowest BCUT2D eigenvalue weighted by atomic mass is 9.98. The number of Topliss-reactive ketones (excluding diaryl/α,β-unsaturated/α-hetero) is 1. The highest BCUT2D eigenvalue weighted by molar-refractivity contribution is 5.99. The lowest BCUT2D eigenvalue weighted by Crippen LogP contribution is -2.24. The van der Waals surface area contributed by atoms with Gasteiger partial charge in [0.1, 0.15) is 5.75 Å². The number of ketones is 1. The van der Waals surface area contributed by atoms with E-state index >= 15 is 0 Å². The average Bonchev–Trinajstić information content (AvgIpc) is 2.86. The third-order valence-corrected chi connectivity index (χ3v) is 5.43. The highest BCUT2D eigenvalue weighted by Crippen LogP contribution is 2.30. The van der Waals surface area contributed by atoms with Crippen LogP contribution in [0.2, 0.25) is 0 Å². The summed E-state index contributed by atoms with van der Waals surface area (Å²) in [6, 6.07) is 17.1. The zero-order valence-electron chi connectivity index (χ0n) is 18.9. The first-order chi connectivity index (χ1) is 15.5. The van der Waals surface area contributed by atoms with Crippen molar-refractivity contribution in [2.24, 2.45) is 0 Å². The van der Waals surface area contributed by atoms with Crippen molar-refractivity contribution in [3.63, 3.8) is 0 Å². The van der Waals surface area contributed by atoms with Crippen LogP contribution in [0, 0.1) is 0 Å². The number of aryl methyl sites for hydroxylation is 1. The average molecular weight is 433 g/mol. The van der Waals surface area contributed by atoms with Gasteiger partial charge in [0, 0.05) is 37.3 Å². The van der Waals surface area contributed by atoms with Crippen LogP contribution in [-0.4, -0.2) is 37.9 Å². The van der Waals surface area contributed by atoms with Crippen LogP contribution < -0.4 is 14.4 Å². The Kier molecular flexibility index (Phi) is 7.60. The van der Waals surface area contributed by atoms with Crippen LogP contribution >= 0.6 is 0 Å². The van der Waals surface area contributed by atoms with Crippen molar-refractivity contribution in [1.82, 2.24) is 4.98 Å². The van der Waals surface area contributed by atoms with Crippen molar-refractivity contribution >= 4 is 17.4 Å². The predicted octanol–water partition coefficient (Wildman–Crippen LogP) is 4.95. The Morgan fingerprint density at radius 1 is 0.969 bits per heavy atom. The predicted molar refractivity (Wildman–Crippen MR) is 126 cm³/mol. The van der Waals surface area contributed by atoms with E-state index in [4.69, 9.17) is 9.47 Å². The number of methoxy groups -OCH3 is 2. The Bertz CT molecular complexity index is 1090. The Morgan fingerprint density at radius 2 is 1.69 bits per heavy atom. The van der Waals surface area contributed by atoms with Gasteiger partial charge < -0.3 is 14.4 Å². The second-order valence-corrected chi connectivity index (χ2v) is 7.36. The summed E-state index contributed by atoms with van der Waals surface area (Å²) in [6.07, 6.45) is 2.98. The van der Waals surface area contributed by atoms with Gasteiger partial charge in [-0.15, -0.1) is 0 Å². The van der Waals surface area contributed by atoms with Crippen molar-refractivity contribution in [1.29, 1.82) is 0 Å². The molecule has 0 saturated heterocycles. The van der Waals surface area contributed by atoms with Gasteiger partial charge in [-0.25, -0.2) is 4.98 Å². The maximum Gasteiger partial charge on any atom is 0.226 e. The molecule has 0 spiro atoms. The van der Waals surface area contributed by atoms with Gasteiger partial charge in [0.25, 0.3) is 0 Å². The maximum absolute atomic E-state index is 12.9. The van der Waals surface area contributed by atoms with E-state index in [1.165, 1.54) is 0 Å². The Hall–Kier alpha value is -3.67. The third kappa shape index (κ3) is 5.14. The molecule has 0 N–H and O–H groups in total. The van der Waals surface area contributed by atoms with Crippen molar-refractivity contribution in [2.75, 3.05) is 26.2 Å². The largest absolute Gasteiger partial charge is 0.496 e. The number of aromatic nitrogens is 1. The minimum Gasteiger partial charge on any atom is -0.496 e. The Balaban J connectivity index is 1.77. The van der Waals surface area contributed by atoms with E-state index in [1.54, 1.807) is 38.4 Å². The third-order valence-electron chi connectivity index (χ3n) is 5.43. The summed E-state index contributed by atoms with van der Waals surface area (Å²) in [4.78, 5) is 30.6. The van der Waals surface area contributed by atoms with Gasteiger partial charge in [-0.1, -0.05) is 31.2 Å². The van der Waals surface area contributed by atoms with Gasteiger partial charge in [0.2, 0.25) is 11.8 Å². The number of carbonyl (C=O) groups is 2. The SMILES string of the molecule is CCC(=O)N(C)c1ccc(-c2ccc(C(=O)CCc3cccnc3OC)c(OC)c2)cc1. The van der Waals surface area contributed by atoms with Crippen LogP contribution in [0.1, 0.15) is 35.7 Å². The molecule has 0 aliphatic carbocycles. The number of pyridine rings is 1. The molecule has 0 bridgehead atoms. The number of benzene rings is 2. The Labute approximate surface area is 188 Å². The molecule has 1 amide bonds. The number of carbonyl (C=O) groups excluding carboxylic acids is 2. The summed E-state index contributed by atoms with van der Waals surface area (Å²) < 4.78 is 10.8. The molecular weight excluding hydrogens is 404 g/mol. The van der Waals surface area contributed by atoms with Crippen LogP contribution in [0.5, 0.6) is 11.6 Å². The zero-order valence-corrected chi connectivity index (χ0v) is 18.9. The van der Waals surface area contributed by atoms with Crippen LogP contribution in [0.25, 0.3) is 11.1 Å². The summed E-state index contributed by atoms with van der Waals surface area (Å²) in [5.41, 5.74) is 4.19. The van der Waals surface area contributed by atoms with Gasteiger partial charge in [0.05, 0.1) is 19.8 Å².